The summed E-state index contributed by atoms with van der Waals surface area (Å²) >= 11 is 0. The lowest BCUT2D eigenvalue weighted by molar-refractivity contribution is -0.116. The predicted molar refractivity (Wildman–Crippen MR) is 134 cm³/mol. The van der Waals surface area contributed by atoms with Crippen LogP contribution in [0.2, 0.25) is 0 Å². The summed E-state index contributed by atoms with van der Waals surface area (Å²) in [6, 6.07) is 21.1. The van der Waals surface area contributed by atoms with Crippen LogP contribution in [0.25, 0.3) is 5.69 Å². The van der Waals surface area contributed by atoms with Crippen molar-refractivity contribution >= 4 is 11.6 Å². The molecule has 180 valence electrons. The van der Waals surface area contributed by atoms with E-state index in [0.29, 0.717) is 30.2 Å². The largest absolute Gasteiger partial charge is 0.497 e. The second-order valence-electron chi connectivity index (χ2n) is 8.17. The van der Waals surface area contributed by atoms with Crippen LogP contribution in [-0.2, 0) is 17.6 Å². The molecule has 1 amide bonds. The van der Waals surface area contributed by atoms with Crippen LogP contribution in [0.5, 0.6) is 17.4 Å². The molecule has 35 heavy (non-hydrogen) atoms. The van der Waals surface area contributed by atoms with E-state index in [1.165, 1.54) is 12.1 Å². The van der Waals surface area contributed by atoms with Crippen molar-refractivity contribution in [3.63, 3.8) is 0 Å². The monoisotopic (exact) mass is 473 g/mol. The van der Waals surface area contributed by atoms with Crippen molar-refractivity contribution in [1.82, 2.24) is 9.78 Å². The Kier molecular flexibility index (Phi) is 7.45. The molecule has 1 aromatic heterocycles. The average molecular weight is 474 g/mol. The number of nitrogens with one attached hydrogen (secondary N) is 1. The van der Waals surface area contributed by atoms with Gasteiger partial charge in [-0.1, -0.05) is 19.1 Å². The van der Waals surface area contributed by atoms with Gasteiger partial charge < -0.3 is 14.8 Å². The van der Waals surface area contributed by atoms with Crippen molar-refractivity contribution in [3.05, 3.63) is 95.4 Å². The highest BCUT2D eigenvalue weighted by molar-refractivity contribution is 5.90. The summed E-state index contributed by atoms with van der Waals surface area (Å²) in [6.45, 7) is 4.03. The van der Waals surface area contributed by atoms with E-state index in [9.17, 15) is 9.18 Å². The summed E-state index contributed by atoms with van der Waals surface area (Å²) in [5.74, 6) is 1.50. The first-order valence-corrected chi connectivity index (χ1v) is 11.5. The average Bonchev–Trinajstić information content (AvgIpc) is 3.21. The van der Waals surface area contributed by atoms with Gasteiger partial charge in [0.2, 0.25) is 11.8 Å². The first kappa shape index (κ1) is 24.0. The summed E-state index contributed by atoms with van der Waals surface area (Å²) in [5, 5.41) is 7.64. The number of amides is 1. The molecule has 0 aliphatic heterocycles. The van der Waals surface area contributed by atoms with Crippen LogP contribution in [-0.4, -0.2) is 22.8 Å². The van der Waals surface area contributed by atoms with Crippen LogP contribution < -0.4 is 14.8 Å². The SMILES string of the molecule is CCc1nn(-c2ccc(OC)cc2)c(Oc2cccc(C)c2)c1CCC(=O)Nc1ccc(F)cc1. The van der Waals surface area contributed by atoms with Crippen LogP contribution in [0.3, 0.4) is 0 Å². The number of hydrogen-bond acceptors (Lipinski definition) is 4. The fraction of sp³-hybridized carbons (Fsp3) is 0.214. The Labute approximate surface area is 204 Å². The van der Waals surface area contributed by atoms with Crippen LogP contribution in [0.1, 0.15) is 30.2 Å². The van der Waals surface area contributed by atoms with E-state index in [4.69, 9.17) is 14.6 Å². The molecule has 6 nitrogen and oxygen atoms in total. The van der Waals surface area contributed by atoms with Gasteiger partial charge in [0.25, 0.3) is 0 Å². The number of carbonyl (C=O) groups is 1. The smallest absolute Gasteiger partial charge is 0.226 e. The predicted octanol–water partition coefficient (Wildman–Crippen LogP) is 6.25. The normalized spacial score (nSPS) is 10.7. The quantitative estimate of drug-likeness (QED) is 0.312. The molecule has 4 aromatic rings. The number of nitrogens with zero attached hydrogens (tertiary/aromatic N) is 2. The van der Waals surface area contributed by atoms with E-state index in [1.807, 2.05) is 62.4 Å². The van der Waals surface area contributed by atoms with E-state index in [1.54, 1.807) is 23.9 Å². The fourth-order valence-electron chi connectivity index (χ4n) is 3.80. The topological polar surface area (TPSA) is 65.4 Å². The Bertz CT molecular complexity index is 1300. The third-order valence-corrected chi connectivity index (χ3v) is 5.61. The molecule has 0 aliphatic carbocycles. The van der Waals surface area contributed by atoms with Gasteiger partial charge in [-0.2, -0.15) is 5.10 Å². The summed E-state index contributed by atoms with van der Waals surface area (Å²) in [4.78, 5) is 12.6. The molecule has 3 aromatic carbocycles. The lowest BCUT2D eigenvalue weighted by Crippen LogP contribution is -2.12. The van der Waals surface area contributed by atoms with Gasteiger partial charge in [0, 0.05) is 17.7 Å². The molecule has 0 saturated carbocycles. The third kappa shape index (κ3) is 5.87. The minimum Gasteiger partial charge on any atom is -0.497 e. The van der Waals surface area contributed by atoms with Gasteiger partial charge in [-0.25, -0.2) is 9.07 Å². The minimum absolute atomic E-state index is 0.169. The summed E-state index contributed by atoms with van der Waals surface area (Å²) in [5.41, 5.74) is 4.19. The Morgan fingerprint density at radius 3 is 2.43 bits per heavy atom. The molecule has 0 spiro atoms. The van der Waals surface area contributed by atoms with Crippen LogP contribution >= 0.6 is 0 Å². The molecular weight excluding hydrogens is 445 g/mol. The summed E-state index contributed by atoms with van der Waals surface area (Å²) in [6.07, 6.45) is 1.35. The number of hydrogen-bond donors (Lipinski definition) is 1. The lowest BCUT2D eigenvalue weighted by atomic mass is 10.1. The second-order valence-corrected chi connectivity index (χ2v) is 8.17. The lowest BCUT2D eigenvalue weighted by Gasteiger charge is -2.12. The van der Waals surface area contributed by atoms with Crippen molar-refractivity contribution in [2.75, 3.05) is 12.4 Å². The number of ether oxygens (including phenoxy) is 2. The number of aromatic nitrogens is 2. The summed E-state index contributed by atoms with van der Waals surface area (Å²) < 4.78 is 26.6. The van der Waals surface area contributed by atoms with Gasteiger partial charge in [0.05, 0.1) is 18.5 Å². The minimum atomic E-state index is -0.348. The Morgan fingerprint density at radius 2 is 1.77 bits per heavy atom. The van der Waals surface area contributed by atoms with Crippen LogP contribution in [0.4, 0.5) is 10.1 Å². The zero-order chi connectivity index (χ0) is 24.8. The van der Waals surface area contributed by atoms with Gasteiger partial charge in [-0.15, -0.1) is 0 Å². The first-order chi connectivity index (χ1) is 17.0. The molecule has 0 atom stereocenters. The number of benzene rings is 3. The maximum atomic E-state index is 13.2. The molecule has 0 bridgehead atoms. The maximum Gasteiger partial charge on any atom is 0.226 e. The molecule has 0 unspecified atom stereocenters. The Hall–Kier alpha value is -4.13. The number of methoxy groups -OCH3 is 1. The van der Waals surface area contributed by atoms with E-state index < -0.39 is 0 Å². The molecule has 1 N–H and O–H groups in total. The van der Waals surface area contributed by atoms with Crippen molar-refractivity contribution in [2.24, 2.45) is 0 Å². The highest BCUT2D eigenvalue weighted by Gasteiger charge is 2.21. The van der Waals surface area contributed by atoms with Gasteiger partial charge in [0.1, 0.15) is 17.3 Å². The number of rotatable bonds is 9. The van der Waals surface area contributed by atoms with E-state index in [-0.39, 0.29) is 18.1 Å². The first-order valence-electron chi connectivity index (χ1n) is 11.5. The molecule has 7 heteroatoms. The zero-order valence-electron chi connectivity index (χ0n) is 20.0. The molecule has 0 saturated heterocycles. The van der Waals surface area contributed by atoms with Gasteiger partial charge in [-0.3, -0.25) is 4.79 Å². The van der Waals surface area contributed by atoms with Crippen molar-refractivity contribution in [2.45, 2.75) is 33.1 Å². The second kappa shape index (κ2) is 10.9. The number of aryl methyl sites for hydroxylation is 2. The van der Waals surface area contributed by atoms with Crippen molar-refractivity contribution < 1.29 is 18.7 Å². The number of anilines is 1. The molecule has 0 aliphatic rings. The molecule has 0 fully saturated rings. The van der Waals surface area contributed by atoms with Crippen molar-refractivity contribution in [3.8, 4) is 23.1 Å². The van der Waals surface area contributed by atoms with E-state index in [2.05, 4.69) is 5.32 Å². The van der Waals surface area contributed by atoms with Gasteiger partial charge >= 0.3 is 0 Å². The Balaban J connectivity index is 1.65. The van der Waals surface area contributed by atoms with E-state index in [0.717, 1.165) is 28.3 Å². The molecular formula is C28H28FN3O3. The highest BCUT2D eigenvalue weighted by atomic mass is 19.1. The Morgan fingerprint density at radius 1 is 1.03 bits per heavy atom. The third-order valence-electron chi connectivity index (χ3n) is 5.61. The van der Waals surface area contributed by atoms with Crippen LogP contribution in [0, 0.1) is 12.7 Å². The van der Waals surface area contributed by atoms with Crippen molar-refractivity contribution in [1.29, 1.82) is 0 Å². The van der Waals surface area contributed by atoms with Gasteiger partial charge in [-0.05, 0) is 86.0 Å². The summed E-state index contributed by atoms with van der Waals surface area (Å²) in [7, 11) is 1.62. The standard InChI is InChI=1S/C28H28FN3O3/c1-4-26-25(16-17-27(33)30-21-10-8-20(29)9-11-21)28(35-24-7-5-6-19(2)18-24)32(31-26)22-12-14-23(34-3)15-13-22/h5-15,18H,4,16-17H2,1-3H3,(H,30,33). The maximum absolute atomic E-state index is 13.2. The van der Waals surface area contributed by atoms with Gasteiger partial charge in [0.15, 0.2) is 0 Å². The molecule has 4 rings (SSSR count). The molecule has 0 radical (unpaired) electrons. The number of halogens is 1. The fourth-order valence-corrected chi connectivity index (χ4v) is 3.80. The number of carbonyl (C=O) groups excluding carboxylic acids is 1. The molecule has 1 heterocycles. The highest BCUT2D eigenvalue weighted by Crippen LogP contribution is 2.33. The van der Waals surface area contributed by atoms with E-state index >= 15 is 0 Å². The van der Waals surface area contributed by atoms with Crippen LogP contribution in [0.15, 0.2) is 72.8 Å². The zero-order valence-corrected chi connectivity index (χ0v) is 20.0.